The average molecular weight is 159 g/mol. The molecule has 4 nitrogen and oxygen atoms in total. The molecule has 1 rings (SSSR count). The molecule has 0 atom stereocenters. The molecule has 0 fully saturated rings. The van der Waals surface area contributed by atoms with Gasteiger partial charge in [0.25, 0.3) is 0 Å². The third-order valence-electron chi connectivity index (χ3n) is 0.448. The Morgan fingerprint density at radius 2 is 2.30 bits per heavy atom. The SMILES string of the molecule is O=CC(=O)O.c1cscn1. The van der Waals surface area contributed by atoms with Crippen LogP contribution >= 0.6 is 11.3 Å². The molecule has 0 radical (unpaired) electrons. The third kappa shape index (κ3) is 6.77. The Kier molecular flexibility index (Phi) is 5.17. The van der Waals surface area contributed by atoms with Crippen molar-refractivity contribution in [3.8, 4) is 0 Å². The molecule has 1 aromatic heterocycles. The molecule has 1 heterocycles. The van der Waals surface area contributed by atoms with Crippen LogP contribution in [-0.4, -0.2) is 22.3 Å². The van der Waals surface area contributed by atoms with E-state index in [1.165, 1.54) is 0 Å². The second kappa shape index (κ2) is 5.90. The van der Waals surface area contributed by atoms with Gasteiger partial charge in [-0.25, -0.2) is 4.79 Å². The number of hydrogen-bond donors (Lipinski definition) is 1. The third-order valence-corrected chi connectivity index (χ3v) is 0.970. The lowest BCUT2D eigenvalue weighted by molar-refractivity contribution is -0.143. The molecule has 54 valence electrons. The van der Waals surface area contributed by atoms with Crippen molar-refractivity contribution < 1.29 is 14.7 Å². The van der Waals surface area contributed by atoms with Crippen LogP contribution in [0.1, 0.15) is 0 Å². The number of aliphatic carboxylic acids is 1. The molecule has 10 heavy (non-hydrogen) atoms. The van der Waals surface area contributed by atoms with Crippen LogP contribution in [0.25, 0.3) is 0 Å². The van der Waals surface area contributed by atoms with Crippen LogP contribution in [0.15, 0.2) is 17.1 Å². The van der Waals surface area contributed by atoms with Crippen molar-refractivity contribution in [1.82, 2.24) is 4.98 Å². The number of aldehydes is 1. The lowest BCUT2D eigenvalue weighted by Gasteiger charge is -1.59. The van der Waals surface area contributed by atoms with Gasteiger partial charge in [-0.2, -0.15) is 0 Å². The molecule has 1 N–H and O–H groups in total. The van der Waals surface area contributed by atoms with Crippen LogP contribution < -0.4 is 0 Å². The highest BCUT2D eigenvalue weighted by atomic mass is 32.1. The van der Waals surface area contributed by atoms with Gasteiger partial charge in [-0.15, -0.1) is 11.3 Å². The second-order valence-electron chi connectivity index (χ2n) is 1.13. The van der Waals surface area contributed by atoms with Crippen molar-refractivity contribution in [2.24, 2.45) is 0 Å². The number of carbonyl (C=O) groups excluding carboxylic acids is 1. The Hall–Kier alpha value is -1.23. The summed E-state index contributed by atoms with van der Waals surface area (Å²) in [5, 5.41) is 9.28. The summed E-state index contributed by atoms with van der Waals surface area (Å²) in [6.07, 6.45) is 1.60. The number of rotatable bonds is 1. The van der Waals surface area contributed by atoms with Crippen LogP contribution in [0.5, 0.6) is 0 Å². The fourth-order valence-corrected chi connectivity index (χ4v) is 0.527. The van der Waals surface area contributed by atoms with E-state index in [1.807, 2.05) is 5.38 Å². The molecule has 0 saturated heterocycles. The molecule has 0 amide bonds. The molecule has 0 aliphatic carbocycles. The fourth-order valence-electron chi connectivity index (χ4n) is 0.176. The van der Waals surface area contributed by atoms with Gasteiger partial charge in [0, 0.05) is 11.6 Å². The molecular weight excluding hydrogens is 154 g/mol. The Morgan fingerprint density at radius 1 is 1.70 bits per heavy atom. The summed E-state index contributed by atoms with van der Waals surface area (Å²) in [5.41, 5.74) is 1.79. The van der Waals surface area contributed by atoms with Crippen LogP contribution in [0.2, 0.25) is 0 Å². The highest BCUT2D eigenvalue weighted by molar-refractivity contribution is 7.07. The number of carbonyl (C=O) groups is 2. The molecule has 0 aromatic carbocycles. The standard InChI is InChI=1S/C3H3NS.C2H2O3/c1-2-5-3-4-1;3-1-2(4)5/h1-3H;1H,(H,4,5). The lowest BCUT2D eigenvalue weighted by Crippen LogP contribution is -1.91. The van der Waals surface area contributed by atoms with Crippen molar-refractivity contribution >= 4 is 23.6 Å². The van der Waals surface area contributed by atoms with E-state index < -0.39 is 5.97 Å². The largest absolute Gasteiger partial charge is 0.476 e. The highest BCUT2D eigenvalue weighted by Gasteiger charge is 1.80. The molecule has 0 aliphatic heterocycles. The zero-order valence-electron chi connectivity index (χ0n) is 4.93. The van der Waals surface area contributed by atoms with Gasteiger partial charge in [-0.1, -0.05) is 0 Å². The first-order valence-corrected chi connectivity index (χ1v) is 3.22. The van der Waals surface area contributed by atoms with E-state index in [-0.39, 0.29) is 6.29 Å². The quantitative estimate of drug-likeness (QED) is 0.476. The van der Waals surface area contributed by atoms with Crippen molar-refractivity contribution in [3.63, 3.8) is 0 Å². The summed E-state index contributed by atoms with van der Waals surface area (Å²) < 4.78 is 0. The summed E-state index contributed by atoms with van der Waals surface area (Å²) in [7, 11) is 0. The maximum absolute atomic E-state index is 9.00. The maximum Gasteiger partial charge on any atom is 0.368 e. The van der Waals surface area contributed by atoms with Crippen molar-refractivity contribution in [2.75, 3.05) is 0 Å². The summed E-state index contributed by atoms with van der Waals surface area (Å²) >= 11 is 1.60. The minimum absolute atomic E-state index is 0.167. The zero-order chi connectivity index (χ0) is 7.82. The first-order chi connectivity index (χ1) is 4.77. The minimum atomic E-state index is -1.43. The van der Waals surface area contributed by atoms with Gasteiger partial charge < -0.3 is 5.11 Å². The van der Waals surface area contributed by atoms with Gasteiger partial charge in [-0.05, 0) is 0 Å². The van der Waals surface area contributed by atoms with E-state index in [0.717, 1.165) is 0 Å². The average Bonchev–Trinajstić information content (AvgIpc) is 2.43. The predicted molar refractivity (Wildman–Crippen MR) is 35.8 cm³/mol. The van der Waals surface area contributed by atoms with Gasteiger partial charge in [0.2, 0.25) is 6.29 Å². The Morgan fingerprint density at radius 3 is 2.40 bits per heavy atom. The number of aromatic nitrogens is 1. The van der Waals surface area contributed by atoms with Crippen LogP contribution in [0.4, 0.5) is 0 Å². The van der Waals surface area contributed by atoms with E-state index in [0.29, 0.717) is 0 Å². The Balaban J connectivity index is 0.000000162. The summed E-state index contributed by atoms with van der Waals surface area (Å²) in [6.45, 7) is 0. The van der Waals surface area contributed by atoms with E-state index in [2.05, 4.69) is 4.98 Å². The number of carboxylic acids is 1. The smallest absolute Gasteiger partial charge is 0.368 e. The maximum atomic E-state index is 9.00. The Labute approximate surface area is 61.1 Å². The fraction of sp³-hybridized carbons (Fsp3) is 0. The first kappa shape index (κ1) is 8.77. The molecule has 0 saturated carbocycles. The summed E-state index contributed by atoms with van der Waals surface area (Å²) in [4.78, 5) is 21.6. The molecule has 0 aliphatic rings. The van der Waals surface area contributed by atoms with Crippen molar-refractivity contribution in [3.05, 3.63) is 17.1 Å². The minimum Gasteiger partial charge on any atom is -0.476 e. The van der Waals surface area contributed by atoms with E-state index in [1.54, 1.807) is 23.0 Å². The van der Waals surface area contributed by atoms with Crippen molar-refractivity contribution in [1.29, 1.82) is 0 Å². The molecule has 0 unspecified atom stereocenters. The van der Waals surface area contributed by atoms with Gasteiger partial charge in [0.05, 0.1) is 5.51 Å². The summed E-state index contributed by atoms with van der Waals surface area (Å²) in [5.74, 6) is -1.43. The Bertz CT molecular complexity index is 168. The number of hydrogen-bond acceptors (Lipinski definition) is 4. The van der Waals surface area contributed by atoms with Gasteiger partial charge in [0.1, 0.15) is 0 Å². The van der Waals surface area contributed by atoms with Crippen molar-refractivity contribution in [2.45, 2.75) is 0 Å². The molecular formula is C5H5NO3S. The van der Waals surface area contributed by atoms with Crippen LogP contribution in [0, 0.1) is 0 Å². The number of carboxylic acid groups (broad SMARTS) is 1. The van der Waals surface area contributed by atoms with Gasteiger partial charge in [0.15, 0.2) is 0 Å². The summed E-state index contributed by atoms with van der Waals surface area (Å²) in [6, 6.07) is 0. The number of nitrogens with zero attached hydrogens (tertiary/aromatic N) is 1. The highest BCUT2D eigenvalue weighted by Crippen LogP contribution is 1.85. The van der Waals surface area contributed by atoms with Crippen LogP contribution in [-0.2, 0) is 9.59 Å². The molecule has 1 aromatic rings. The predicted octanol–water partition coefficient (Wildman–Crippen LogP) is 0.413. The van der Waals surface area contributed by atoms with E-state index in [9.17, 15) is 0 Å². The zero-order valence-corrected chi connectivity index (χ0v) is 5.75. The molecule has 0 bridgehead atoms. The molecule has 0 spiro atoms. The number of thiazole rings is 1. The second-order valence-corrected chi connectivity index (χ2v) is 1.89. The van der Waals surface area contributed by atoms with E-state index in [4.69, 9.17) is 14.7 Å². The van der Waals surface area contributed by atoms with Crippen LogP contribution in [0.3, 0.4) is 0 Å². The lowest BCUT2D eigenvalue weighted by atomic mass is 10.8. The topological polar surface area (TPSA) is 67.3 Å². The normalized spacial score (nSPS) is 7.20. The van der Waals surface area contributed by atoms with Gasteiger partial charge >= 0.3 is 5.97 Å². The first-order valence-electron chi connectivity index (χ1n) is 2.27. The molecule has 5 heteroatoms. The monoisotopic (exact) mass is 159 g/mol. The van der Waals surface area contributed by atoms with E-state index >= 15 is 0 Å². The van der Waals surface area contributed by atoms with Gasteiger partial charge in [-0.3, -0.25) is 9.78 Å².